The normalized spacial score (nSPS) is 10.3. The summed E-state index contributed by atoms with van der Waals surface area (Å²) in [6.07, 6.45) is 2.32. The van der Waals surface area contributed by atoms with Crippen molar-refractivity contribution in [3.05, 3.63) is 53.3 Å². The van der Waals surface area contributed by atoms with Crippen molar-refractivity contribution in [2.24, 2.45) is 0 Å². The van der Waals surface area contributed by atoms with Gasteiger partial charge in [0, 0.05) is 11.1 Å². The second-order valence-electron chi connectivity index (χ2n) is 5.30. The molecule has 0 unspecified atom stereocenters. The van der Waals surface area contributed by atoms with Gasteiger partial charge in [0.1, 0.15) is 5.76 Å². The van der Waals surface area contributed by atoms with E-state index < -0.39 is 0 Å². The third-order valence-corrected chi connectivity index (χ3v) is 3.66. The number of nitrogens with zero attached hydrogens (tertiary/aromatic N) is 1. The standard InChI is InChI=1S/C18H22N2O4/c1-6-7-13-8-14(9-15(22-4)17(13)23-5)18(21)19-10-16-20-11(2)12(3)24-16/h6,8-9H,1,7,10H2,2-5H3,(H,19,21). The number of oxazole rings is 1. The molecule has 0 bridgehead atoms. The number of carbonyl (C=O) groups excluding carboxylic acids is 1. The summed E-state index contributed by atoms with van der Waals surface area (Å²) < 4.78 is 16.2. The summed E-state index contributed by atoms with van der Waals surface area (Å²) in [7, 11) is 3.10. The maximum atomic E-state index is 12.4. The molecule has 0 saturated heterocycles. The number of aryl methyl sites for hydroxylation is 2. The summed E-state index contributed by atoms with van der Waals surface area (Å²) in [5.41, 5.74) is 2.13. The zero-order valence-corrected chi connectivity index (χ0v) is 14.4. The molecular weight excluding hydrogens is 308 g/mol. The van der Waals surface area contributed by atoms with E-state index in [1.54, 1.807) is 25.3 Å². The number of allylic oxidation sites excluding steroid dienone is 1. The second kappa shape index (κ2) is 7.68. The van der Waals surface area contributed by atoms with E-state index in [0.29, 0.717) is 29.4 Å². The van der Waals surface area contributed by atoms with E-state index in [2.05, 4.69) is 16.9 Å². The summed E-state index contributed by atoms with van der Waals surface area (Å²) in [6.45, 7) is 7.65. The molecule has 0 atom stereocenters. The Labute approximate surface area is 141 Å². The van der Waals surface area contributed by atoms with Crippen LogP contribution in [0.4, 0.5) is 0 Å². The molecule has 2 rings (SSSR count). The van der Waals surface area contributed by atoms with Crippen LogP contribution in [-0.4, -0.2) is 25.1 Å². The maximum Gasteiger partial charge on any atom is 0.251 e. The van der Waals surface area contributed by atoms with E-state index in [4.69, 9.17) is 13.9 Å². The van der Waals surface area contributed by atoms with E-state index in [9.17, 15) is 4.79 Å². The van der Waals surface area contributed by atoms with E-state index in [-0.39, 0.29) is 12.5 Å². The molecule has 0 aliphatic heterocycles. The number of benzene rings is 1. The number of amides is 1. The van der Waals surface area contributed by atoms with Crippen LogP contribution in [-0.2, 0) is 13.0 Å². The van der Waals surface area contributed by atoms with Gasteiger partial charge in [-0.3, -0.25) is 4.79 Å². The van der Waals surface area contributed by atoms with E-state index in [1.165, 1.54) is 7.11 Å². The Bertz CT molecular complexity index is 730. The van der Waals surface area contributed by atoms with Gasteiger partial charge in [-0.05, 0) is 32.4 Å². The molecule has 1 N–H and O–H groups in total. The van der Waals surface area contributed by atoms with Gasteiger partial charge >= 0.3 is 0 Å². The van der Waals surface area contributed by atoms with Crippen molar-refractivity contribution in [2.45, 2.75) is 26.8 Å². The zero-order valence-electron chi connectivity index (χ0n) is 14.4. The molecule has 2 aromatic rings. The molecule has 1 aromatic heterocycles. The Kier molecular flexibility index (Phi) is 5.63. The van der Waals surface area contributed by atoms with Crippen LogP contribution in [0.15, 0.2) is 29.2 Å². The molecule has 1 amide bonds. The number of rotatable bonds is 7. The molecule has 0 spiro atoms. The van der Waals surface area contributed by atoms with Crippen molar-refractivity contribution in [1.29, 1.82) is 0 Å². The molecule has 6 heteroatoms. The Hall–Kier alpha value is -2.76. The summed E-state index contributed by atoms with van der Waals surface area (Å²) >= 11 is 0. The number of ether oxygens (including phenoxy) is 2. The highest BCUT2D eigenvalue weighted by atomic mass is 16.5. The number of hydrogen-bond acceptors (Lipinski definition) is 5. The van der Waals surface area contributed by atoms with Crippen LogP contribution in [0.3, 0.4) is 0 Å². The van der Waals surface area contributed by atoms with Crippen molar-refractivity contribution < 1.29 is 18.7 Å². The molecule has 0 radical (unpaired) electrons. The van der Waals surface area contributed by atoms with E-state index in [0.717, 1.165) is 17.0 Å². The first-order valence-electron chi connectivity index (χ1n) is 7.57. The molecule has 1 aromatic carbocycles. The lowest BCUT2D eigenvalue weighted by Crippen LogP contribution is -2.23. The molecule has 128 valence electrons. The van der Waals surface area contributed by atoms with Gasteiger partial charge in [-0.15, -0.1) is 6.58 Å². The summed E-state index contributed by atoms with van der Waals surface area (Å²) in [5, 5.41) is 2.80. The van der Waals surface area contributed by atoms with Crippen molar-refractivity contribution >= 4 is 5.91 Å². The van der Waals surface area contributed by atoms with E-state index >= 15 is 0 Å². The molecule has 0 aliphatic carbocycles. The van der Waals surface area contributed by atoms with Gasteiger partial charge in [0.25, 0.3) is 5.91 Å². The van der Waals surface area contributed by atoms with Crippen LogP contribution in [0.1, 0.15) is 33.3 Å². The summed E-state index contributed by atoms with van der Waals surface area (Å²) in [5.74, 6) is 2.09. The maximum absolute atomic E-state index is 12.4. The average Bonchev–Trinajstić information content (AvgIpc) is 2.90. The van der Waals surface area contributed by atoms with Crippen LogP contribution in [0.25, 0.3) is 0 Å². The highest BCUT2D eigenvalue weighted by molar-refractivity contribution is 5.95. The Morgan fingerprint density at radius 2 is 2.08 bits per heavy atom. The fraction of sp³-hybridized carbons (Fsp3) is 0.333. The number of methoxy groups -OCH3 is 2. The van der Waals surface area contributed by atoms with Gasteiger partial charge in [-0.25, -0.2) is 4.98 Å². The van der Waals surface area contributed by atoms with Crippen LogP contribution in [0.5, 0.6) is 11.5 Å². The summed E-state index contributed by atoms with van der Waals surface area (Å²) in [6, 6.07) is 3.41. The van der Waals surface area contributed by atoms with Crippen molar-refractivity contribution in [3.63, 3.8) is 0 Å². The zero-order chi connectivity index (χ0) is 17.7. The van der Waals surface area contributed by atoms with Crippen molar-refractivity contribution in [3.8, 4) is 11.5 Å². The fourth-order valence-electron chi connectivity index (χ4n) is 2.35. The van der Waals surface area contributed by atoms with Gasteiger partial charge in [0.05, 0.1) is 26.5 Å². The molecule has 1 heterocycles. The highest BCUT2D eigenvalue weighted by Crippen LogP contribution is 2.33. The van der Waals surface area contributed by atoms with Gasteiger partial charge in [0.15, 0.2) is 11.5 Å². The van der Waals surface area contributed by atoms with Crippen LogP contribution in [0.2, 0.25) is 0 Å². The minimum absolute atomic E-state index is 0.221. The van der Waals surface area contributed by atoms with Gasteiger partial charge in [-0.1, -0.05) is 6.08 Å². The van der Waals surface area contributed by atoms with Crippen molar-refractivity contribution in [2.75, 3.05) is 14.2 Å². The predicted molar refractivity (Wildman–Crippen MR) is 90.6 cm³/mol. The summed E-state index contributed by atoms with van der Waals surface area (Å²) in [4.78, 5) is 16.7. The smallest absolute Gasteiger partial charge is 0.251 e. The molecule has 0 fully saturated rings. The Morgan fingerprint density at radius 3 is 2.62 bits per heavy atom. The van der Waals surface area contributed by atoms with Crippen LogP contribution < -0.4 is 14.8 Å². The van der Waals surface area contributed by atoms with Gasteiger partial charge in [-0.2, -0.15) is 0 Å². The van der Waals surface area contributed by atoms with Crippen LogP contribution >= 0.6 is 0 Å². The number of hydrogen-bond donors (Lipinski definition) is 1. The first kappa shape index (κ1) is 17.6. The molecular formula is C18H22N2O4. The van der Waals surface area contributed by atoms with Gasteiger partial charge < -0.3 is 19.2 Å². The lowest BCUT2D eigenvalue weighted by atomic mass is 10.0. The lowest BCUT2D eigenvalue weighted by Gasteiger charge is -2.14. The average molecular weight is 330 g/mol. The highest BCUT2D eigenvalue weighted by Gasteiger charge is 2.16. The molecule has 0 aliphatic rings. The molecule has 6 nitrogen and oxygen atoms in total. The van der Waals surface area contributed by atoms with Crippen molar-refractivity contribution in [1.82, 2.24) is 10.3 Å². The third kappa shape index (κ3) is 3.76. The Morgan fingerprint density at radius 1 is 1.33 bits per heavy atom. The van der Waals surface area contributed by atoms with Gasteiger partial charge in [0.2, 0.25) is 5.89 Å². The Balaban J connectivity index is 2.21. The number of nitrogens with one attached hydrogen (secondary N) is 1. The monoisotopic (exact) mass is 330 g/mol. The minimum atomic E-state index is -0.241. The fourth-order valence-corrected chi connectivity index (χ4v) is 2.35. The number of carbonyl (C=O) groups is 1. The predicted octanol–water partition coefficient (Wildman–Crippen LogP) is 2.97. The molecule has 24 heavy (non-hydrogen) atoms. The quantitative estimate of drug-likeness (QED) is 0.790. The SMILES string of the molecule is C=CCc1cc(C(=O)NCc2nc(C)c(C)o2)cc(OC)c1OC. The van der Waals surface area contributed by atoms with Crippen LogP contribution in [0, 0.1) is 13.8 Å². The largest absolute Gasteiger partial charge is 0.493 e. The second-order valence-corrected chi connectivity index (χ2v) is 5.30. The topological polar surface area (TPSA) is 73.6 Å². The van der Waals surface area contributed by atoms with E-state index in [1.807, 2.05) is 13.8 Å². The lowest BCUT2D eigenvalue weighted by molar-refractivity contribution is 0.0946. The minimum Gasteiger partial charge on any atom is -0.493 e. The first-order valence-corrected chi connectivity index (χ1v) is 7.57. The molecule has 0 saturated carbocycles. The number of aromatic nitrogens is 1. The first-order chi connectivity index (χ1) is 11.5. The third-order valence-electron chi connectivity index (χ3n) is 3.66.